The van der Waals surface area contributed by atoms with Crippen LogP contribution in [0.25, 0.3) is 11.3 Å². The van der Waals surface area contributed by atoms with Gasteiger partial charge in [0, 0.05) is 49.6 Å². The molecule has 0 unspecified atom stereocenters. The zero-order chi connectivity index (χ0) is 26.0. The van der Waals surface area contributed by atoms with E-state index in [0.29, 0.717) is 24.8 Å². The van der Waals surface area contributed by atoms with Crippen LogP contribution in [-0.4, -0.2) is 47.4 Å². The Morgan fingerprint density at radius 1 is 1.11 bits per heavy atom. The number of benzene rings is 2. The van der Waals surface area contributed by atoms with Crippen LogP contribution in [-0.2, 0) is 20.9 Å². The third kappa shape index (κ3) is 5.44. The van der Waals surface area contributed by atoms with Crippen molar-refractivity contribution >= 4 is 29.5 Å². The minimum Gasteiger partial charge on any atom is -0.441 e. The lowest BCUT2D eigenvalue weighted by molar-refractivity contribution is -0.191. The molecule has 0 N–H and O–H groups in total. The van der Waals surface area contributed by atoms with Crippen molar-refractivity contribution in [2.75, 3.05) is 24.5 Å². The van der Waals surface area contributed by atoms with Crippen LogP contribution in [0.1, 0.15) is 43.2 Å². The smallest absolute Gasteiger partial charge is 0.415 e. The van der Waals surface area contributed by atoms with Crippen molar-refractivity contribution in [3.8, 4) is 11.3 Å². The molecular weight excluding hydrogens is 501 g/mol. The highest BCUT2D eigenvalue weighted by molar-refractivity contribution is 6.31. The number of aromatic nitrogens is 1. The first-order chi connectivity index (χ1) is 17.9. The number of piperidine rings is 1. The molecule has 0 radical (unpaired) electrons. The lowest BCUT2D eigenvalue weighted by Crippen LogP contribution is -2.46. The predicted molar refractivity (Wildman–Crippen MR) is 131 cm³/mol. The number of halogens is 2. The molecule has 1 spiro atoms. The van der Waals surface area contributed by atoms with E-state index in [1.54, 1.807) is 17.0 Å². The summed E-state index contributed by atoms with van der Waals surface area (Å²) in [6.45, 7) is 2.75. The van der Waals surface area contributed by atoms with Crippen LogP contribution in [0.4, 0.5) is 14.9 Å². The summed E-state index contributed by atoms with van der Waals surface area (Å²) in [7, 11) is 0. The van der Waals surface area contributed by atoms with Crippen molar-refractivity contribution in [3.05, 3.63) is 71.0 Å². The molecule has 192 valence electrons. The highest BCUT2D eigenvalue weighted by Crippen LogP contribution is 2.42. The Kier molecular flexibility index (Phi) is 7.11. The molecule has 10 heteroatoms. The van der Waals surface area contributed by atoms with Gasteiger partial charge in [0.1, 0.15) is 17.1 Å². The van der Waals surface area contributed by atoms with Gasteiger partial charge in [-0.05, 0) is 43.2 Å². The molecule has 3 heterocycles. The van der Waals surface area contributed by atoms with E-state index in [-0.39, 0.29) is 17.3 Å². The summed E-state index contributed by atoms with van der Waals surface area (Å²) in [5.41, 5.74) is 1.98. The molecule has 2 aromatic carbocycles. The fourth-order valence-corrected chi connectivity index (χ4v) is 5.05. The SMILES string of the molecule is O=C1OC2(CCN(Cc3nc(C4CC4)oc3-c3ccc(F)c(Cl)c3)CC2)CN1c1ccccc1.O=C=O. The number of hydrogen-bond acceptors (Lipinski definition) is 7. The highest BCUT2D eigenvalue weighted by atomic mass is 35.5. The van der Waals surface area contributed by atoms with Crippen molar-refractivity contribution in [1.29, 1.82) is 0 Å². The lowest BCUT2D eigenvalue weighted by Gasteiger charge is -2.37. The first kappa shape index (κ1) is 25.1. The number of para-hydroxylation sites is 1. The van der Waals surface area contributed by atoms with Crippen molar-refractivity contribution in [3.63, 3.8) is 0 Å². The van der Waals surface area contributed by atoms with Gasteiger partial charge in [0.2, 0.25) is 0 Å². The van der Waals surface area contributed by atoms with E-state index in [4.69, 9.17) is 35.3 Å². The van der Waals surface area contributed by atoms with Crippen molar-refractivity contribution < 1.29 is 27.9 Å². The van der Waals surface area contributed by atoms with E-state index in [9.17, 15) is 9.18 Å². The molecule has 1 amide bonds. The Bertz CT molecular complexity index is 1310. The summed E-state index contributed by atoms with van der Waals surface area (Å²) < 4.78 is 25.7. The van der Waals surface area contributed by atoms with E-state index in [1.807, 2.05) is 30.3 Å². The molecule has 8 nitrogen and oxygen atoms in total. The molecule has 0 atom stereocenters. The number of amides is 1. The summed E-state index contributed by atoms with van der Waals surface area (Å²) >= 11 is 6.03. The van der Waals surface area contributed by atoms with Gasteiger partial charge in [-0.15, -0.1) is 0 Å². The molecule has 2 aliphatic heterocycles. The number of carbonyl (C=O) groups excluding carboxylic acids is 3. The molecule has 3 aliphatic rings. The molecule has 3 fully saturated rings. The summed E-state index contributed by atoms with van der Waals surface area (Å²) in [4.78, 5) is 37.7. The van der Waals surface area contributed by atoms with E-state index in [2.05, 4.69) is 4.90 Å². The van der Waals surface area contributed by atoms with Crippen LogP contribution < -0.4 is 4.90 Å². The zero-order valence-corrected chi connectivity index (χ0v) is 20.7. The topological polar surface area (TPSA) is 92.9 Å². The maximum Gasteiger partial charge on any atom is 0.415 e. The van der Waals surface area contributed by atoms with E-state index in [1.165, 1.54) is 6.07 Å². The molecule has 2 saturated heterocycles. The van der Waals surface area contributed by atoms with Crippen LogP contribution in [0.5, 0.6) is 0 Å². The lowest BCUT2D eigenvalue weighted by atomic mass is 9.91. The number of rotatable bonds is 5. The van der Waals surface area contributed by atoms with Crippen LogP contribution in [0.2, 0.25) is 5.02 Å². The van der Waals surface area contributed by atoms with Gasteiger partial charge < -0.3 is 9.15 Å². The quantitative estimate of drug-likeness (QED) is 0.439. The van der Waals surface area contributed by atoms with Crippen molar-refractivity contribution in [1.82, 2.24) is 9.88 Å². The normalized spacial score (nSPS) is 18.8. The Hall–Kier alpha value is -3.52. The average molecular weight is 526 g/mol. The van der Waals surface area contributed by atoms with E-state index in [0.717, 1.165) is 61.6 Å². The third-order valence-corrected chi connectivity index (χ3v) is 7.29. The van der Waals surface area contributed by atoms with Gasteiger partial charge >= 0.3 is 12.2 Å². The van der Waals surface area contributed by atoms with E-state index < -0.39 is 11.4 Å². The second-order valence-electron chi connectivity index (χ2n) is 9.56. The zero-order valence-electron chi connectivity index (χ0n) is 20.0. The highest BCUT2D eigenvalue weighted by Gasteiger charge is 2.47. The van der Waals surface area contributed by atoms with Gasteiger partial charge in [-0.25, -0.2) is 14.2 Å². The largest absolute Gasteiger partial charge is 0.441 e. The molecule has 3 aromatic rings. The molecule has 37 heavy (non-hydrogen) atoms. The molecular formula is C27H25ClFN3O5. The Morgan fingerprint density at radius 2 is 1.81 bits per heavy atom. The first-order valence-corrected chi connectivity index (χ1v) is 12.5. The van der Waals surface area contributed by atoms with Gasteiger partial charge in [0.05, 0.1) is 11.6 Å². The number of nitrogens with zero attached hydrogens (tertiary/aromatic N) is 3. The van der Waals surface area contributed by atoms with Gasteiger partial charge in [-0.2, -0.15) is 9.59 Å². The summed E-state index contributed by atoms with van der Waals surface area (Å²) in [6, 6.07) is 14.3. The minimum atomic E-state index is -0.459. The number of likely N-dealkylation sites (tertiary alicyclic amines) is 1. The summed E-state index contributed by atoms with van der Waals surface area (Å²) in [6.07, 6.45) is 3.65. The Labute approximate surface area is 218 Å². The van der Waals surface area contributed by atoms with Crippen molar-refractivity contribution in [2.24, 2.45) is 0 Å². The minimum absolute atomic E-state index is 0.0683. The predicted octanol–water partition coefficient (Wildman–Crippen LogP) is 5.42. The second kappa shape index (κ2) is 10.5. The van der Waals surface area contributed by atoms with Crippen LogP contribution in [0.15, 0.2) is 52.9 Å². The molecule has 0 bridgehead atoms. The second-order valence-corrected chi connectivity index (χ2v) is 9.97. The van der Waals surface area contributed by atoms with E-state index >= 15 is 0 Å². The number of hydrogen-bond donors (Lipinski definition) is 0. The van der Waals surface area contributed by atoms with Gasteiger partial charge in [-0.3, -0.25) is 9.80 Å². The fourth-order valence-electron chi connectivity index (χ4n) is 4.87. The van der Waals surface area contributed by atoms with Gasteiger partial charge in [-0.1, -0.05) is 29.8 Å². The summed E-state index contributed by atoms with van der Waals surface area (Å²) in [5, 5.41) is 0.0683. The average Bonchev–Trinajstić information content (AvgIpc) is 3.59. The van der Waals surface area contributed by atoms with Crippen LogP contribution in [0.3, 0.4) is 0 Å². The molecule has 1 saturated carbocycles. The number of oxazole rings is 1. The van der Waals surface area contributed by atoms with Crippen molar-refractivity contribution in [2.45, 2.75) is 43.7 Å². The van der Waals surface area contributed by atoms with Crippen LogP contribution in [0, 0.1) is 5.82 Å². The fraction of sp³-hybridized carbons (Fsp3) is 0.370. The summed E-state index contributed by atoms with van der Waals surface area (Å²) in [5.74, 6) is 1.33. The maximum absolute atomic E-state index is 13.7. The van der Waals surface area contributed by atoms with Crippen LogP contribution >= 0.6 is 11.6 Å². The number of anilines is 1. The Morgan fingerprint density at radius 3 is 2.46 bits per heavy atom. The number of ether oxygens (including phenoxy) is 1. The molecule has 6 rings (SSSR count). The number of carbonyl (C=O) groups is 1. The van der Waals surface area contributed by atoms with Gasteiger partial charge in [0.25, 0.3) is 0 Å². The first-order valence-electron chi connectivity index (χ1n) is 12.1. The third-order valence-electron chi connectivity index (χ3n) is 7.00. The Balaban J connectivity index is 0.000000892. The standard InChI is InChI=1S/C26H25ClFN3O3.CO2/c27-20-14-18(8-9-21(20)28)23-22(29-24(33-23)17-6-7-17)15-30-12-10-26(11-13-30)16-31(25(32)34-26)19-4-2-1-3-5-19;2-1-3/h1-5,8-9,14,17H,6-7,10-13,15-16H2;. The molecule has 1 aliphatic carbocycles. The molecule has 1 aromatic heterocycles. The monoisotopic (exact) mass is 525 g/mol. The van der Waals surface area contributed by atoms with Gasteiger partial charge in [0.15, 0.2) is 11.7 Å². The maximum atomic E-state index is 13.7.